The molecule has 0 aliphatic rings. The zero-order valence-electron chi connectivity index (χ0n) is 38.9. The summed E-state index contributed by atoms with van der Waals surface area (Å²) in [6.07, 6.45) is 62.0. The molecule has 3 atom stereocenters. The summed E-state index contributed by atoms with van der Waals surface area (Å²) >= 11 is 0. The van der Waals surface area contributed by atoms with Gasteiger partial charge in [0.15, 0.2) is 0 Å². The molecule has 0 aromatic carbocycles. The fraction of sp³-hybridized carbons (Fsp3) is 0.868. The number of aliphatic hydroxyl groups is 3. The number of hydrogen-bond acceptors (Lipinski definition) is 4. The van der Waals surface area contributed by atoms with Gasteiger partial charge >= 0.3 is 0 Å². The molecule has 0 aliphatic heterocycles. The SMILES string of the molecule is CCCCCCCCCCCCCC/C=C\CCCCCCCCC(O)C(=O)NC(CO)C(O)/C=C/CC/C=C/CCCCCCCCCCCCCCCCCC. The van der Waals surface area contributed by atoms with E-state index in [1.165, 1.54) is 212 Å². The minimum absolute atomic E-state index is 0.377. The zero-order chi connectivity index (χ0) is 42.3. The van der Waals surface area contributed by atoms with Gasteiger partial charge in [0.1, 0.15) is 6.10 Å². The molecule has 0 heterocycles. The topological polar surface area (TPSA) is 89.8 Å². The summed E-state index contributed by atoms with van der Waals surface area (Å²) in [5.41, 5.74) is 0. The van der Waals surface area contributed by atoms with Gasteiger partial charge in [0.05, 0.1) is 18.8 Å². The first-order valence-corrected chi connectivity index (χ1v) is 25.8. The van der Waals surface area contributed by atoms with Gasteiger partial charge in [-0.1, -0.05) is 249 Å². The van der Waals surface area contributed by atoms with Crippen molar-refractivity contribution >= 4 is 5.91 Å². The van der Waals surface area contributed by atoms with Crippen LogP contribution in [0.1, 0.15) is 271 Å². The lowest BCUT2D eigenvalue weighted by Crippen LogP contribution is -2.48. The van der Waals surface area contributed by atoms with Crippen molar-refractivity contribution in [1.29, 1.82) is 0 Å². The predicted molar refractivity (Wildman–Crippen MR) is 254 cm³/mol. The van der Waals surface area contributed by atoms with Gasteiger partial charge in [-0.15, -0.1) is 0 Å². The van der Waals surface area contributed by atoms with Crippen LogP contribution in [0.2, 0.25) is 0 Å². The highest BCUT2D eigenvalue weighted by Gasteiger charge is 2.22. The van der Waals surface area contributed by atoms with E-state index < -0.39 is 24.2 Å². The average molecular weight is 816 g/mol. The summed E-state index contributed by atoms with van der Waals surface area (Å²) in [5, 5.41) is 33.3. The van der Waals surface area contributed by atoms with E-state index in [2.05, 4.69) is 43.5 Å². The number of rotatable bonds is 47. The fourth-order valence-electron chi connectivity index (χ4n) is 7.90. The zero-order valence-corrected chi connectivity index (χ0v) is 38.9. The van der Waals surface area contributed by atoms with Crippen molar-refractivity contribution in [2.75, 3.05) is 6.61 Å². The smallest absolute Gasteiger partial charge is 0.249 e. The van der Waals surface area contributed by atoms with Gasteiger partial charge in [-0.3, -0.25) is 4.79 Å². The third-order valence-electron chi connectivity index (χ3n) is 12.0. The summed E-state index contributed by atoms with van der Waals surface area (Å²) in [6.45, 7) is 4.19. The molecule has 342 valence electrons. The number of aliphatic hydroxyl groups excluding tert-OH is 3. The number of unbranched alkanes of at least 4 members (excludes halogenated alkanes) is 35. The van der Waals surface area contributed by atoms with Crippen molar-refractivity contribution in [1.82, 2.24) is 5.32 Å². The van der Waals surface area contributed by atoms with E-state index in [0.29, 0.717) is 6.42 Å². The number of nitrogens with one attached hydrogen (secondary N) is 1. The van der Waals surface area contributed by atoms with Gasteiger partial charge in [0.25, 0.3) is 0 Å². The predicted octanol–water partition coefficient (Wildman–Crippen LogP) is 15.5. The van der Waals surface area contributed by atoms with Crippen LogP contribution in [0.3, 0.4) is 0 Å². The van der Waals surface area contributed by atoms with Gasteiger partial charge in [-0.05, 0) is 57.8 Å². The Morgan fingerprint density at radius 3 is 1.05 bits per heavy atom. The Balaban J connectivity index is 3.66. The normalized spacial score (nSPS) is 13.7. The molecule has 3 unspecified atom stereocenters. The number of hydrogen-bond donors (Lipinski definition) is 4. The van der Waals surface area contributed by atoms with E-state index >= 15 is 0 Å². The Morgan fingerprint density at radius 1 is 0.414 bits per heavy atom. The van der Waals surface area contributed by atoms with Crippen LogP contribution in [0.15, 0.2) is 36.5 Å². The first-order valence-electron chi connectivity index (χ1n) is 25.8. The average Bonchev–Trinajstić information content (AvgIpc) is 3.23. The van der Waals surface area contributed by atoms with E-state index in [-0.39, 0.29) is 6.61 Å². The highest BCUT2D eigenvalue weighted by Crippen LogP contribution is 2.16. The molecule has 0 aromatic rings. The molecule has 0 aromatic heterocycles. The van der Waals surface area contributed by atoms with Crippen LogP contribution < -0.4 is 5.32 Å². The van der Waals surface area contributed by atoms with Crippen molar-refractivity contribution in [3.63, 3.8) is 0 Å². The Hall–Kier alpha value is -1.43. The quantitative estimate of drug-likeness (QED) is 0.0364. The molecular formula is C53H101NO4. The molecule has 1 amide bonds. The Morgan fingerprint density at radius 2 is 0.707 bits per heavy atom. The van der Waals surface area contributed by atoms with Crippen LogP contribution in [0.25, 0.3) is 0 Å². The third-order valence-corrected chi connectivity index (χ3v) is 12.0. The first kappa shape index (κ1) is 56.6. The van der Waals surface area contributed by atoms with E-state index in [4.69, 9.17) is 0 Å². The van der Waals surface area contributed by atoms with Crippen LogP contribution in [0.4, 0.5) is 0 Å². The number of allylic oxidation sites excluding steroid dienone is 5. The van der Waals surface area contributed by atoms with Crippen molar-refractivity contribution in [2.24, 2.45) is 0 Å². The minimum atomic E-state index is -1.11. The second-order valence-corrected chi connectivity index (χ2v) is 17.7. The van der Waals surface area contributed by atoms with Gasteiger partial charge in [0, 0.05) is 0 Å². The lowest BCUT2D eigenvalue weighted by Gasteiger charge is -2.21. The number of carbonyl (C=O) groups excluding carboxylic acids is 1. The Kier molecular flexibility index (Phi) is 47.0. The molecule has 0 radical (unpaired) electrons. The largest absolute Gasteiger partial charge is 0.394 e. The van der Waals surface area contributed by atoms with E-state index in [0.717, 1.165) is 38.5 Å². The highest BCUT2D eigenvalue weighted by molar-refractivity contribution is 5.80. The lowest BCUT2D eigenvalue weighted by molar-refractivity contribution is -0.131. The standard InChI is InChI=1S/C53H101NO4/c1-3-5-7-9-11-13-15-17-19-21-23-25-27-29-31-33-35-37-39-41-43-45-47-51(56)50(49-55)54-53(58)52(57)48-46-44-42-40-38-36-34-32-30-28-26-24-22-20-18-16-14-12-10-8-6-4-2/h30,32,37,39,45,47,50-52,55-57H,3-29,31,33-36,38,40-44,46,48-49H2,1-2H3,(H,54,58)/b32-30-,39-37+,47-45+. The number of carbonyl (C=O) groups is 1. The second-order valence-electron chi connectivity index (χ2n) is 17.7. The minimum Gasteiger partial charge on any atom is -0.394 e. The maximum Gasteiger partial charge on any atom is 0.249 e. The lowest BCUT2D eigenvalue weighted by atomic mass is 10.0. The van der Waals surface area contributed by atoms with Crippen LogP contribution >= 0.6 is 0 Å². The Bertz CT molecular complexity index is 901. The van der Waals surface area contributed by atoms with Crippen LogP contribution in [0, 0.1) is 0 Å². The monoisotopic (exact) mass is 816 g/mol. The van der Waals surface area contributed by atoms with Gasteiger partial charge < -0.3 is 20.6 Å². The third kappa shape index (κ3) is 42.7. The van der Waals surface area contributed by atoms with E-state index in [1.54, 1.807) is 6.08 Å². The van der Waals surface area contributed by atoms with Crippen LogP contribution in [0.5, 0.6) is 0 Å². The number of amides is 1. The summed E-state index contributed by atoms with van der Waals surface area (Å²) in [6, 6.07) is -0.817. The van der Waals surface area contributed by atoms with Crippen molar-refractivity contribution in [3.8, 4) is 0 Å². The molecule has 0 saturated carbocycles. The summed E-state index contributed by atoms with van der Waals surface area (Å²) in [5.74, 6) is -0.515. The van der Waals surface area contributed by atoms with Crippen molar-refractivity contribution in [2.45, 2.75) is 289 Å². The molecule has 5 nitrogen and oxygen atoms in total. The summed E-state index contributed by atoms with van der Waals surface area (Å²) < 4.78 is 0. The molecule has 0 spiro atoms. The van der Waals surface area contributed by atoms with Gasteiger partial charge in [-0.2, -0.15) is 0 Å². The first-order chi connectivity index (χ1) is 28.6. The molecule has 0 rings (SSSR count). The maximum absolute atomic E-state index is 12.5. The van der Waals surface area contributed by atoms with Gasteiger partial charge in [0.2, 0.25) is 5.91 Å². The van der Waals surface area contributed by atoms with E-state index in [9.17, 15) is 20.1 Å². The maximum atomic E-state index is 12.5. The molecule has 0 fully saturated rings. The molecule has 0 bridgehead atoms. The summed E-state index contributed by atoms with van der Waals surface area (Å²) in [4.78, 5) is 12.5. The van der Waals surface area contributed by atoms with Gasteiger partial charge in [-0.25, -0.2) is 0 Å². The molecule has 0 aliphatic carbocycles. The Labute approximate surface area is 362 Å². The van der Waals surface area contributed by atoms with Crippen molar-refractivity contribution in [3.05, 3.63) is 36.5 Å². The van der Waals surface area contributed by atoms with E-state index in [1.807, 2.05) is 6.08 Å². The second kappa shape index (κ2) is 48.2. The fourth-order valence-corrected chi connectivity index (χ4v) is 7.90. The van der Waals surface area contributed by atoms with Crippen LogP contribution in [-0.4, -0.2) is 46.1 Å². The molecule has 4 N–H and O–H groups in total. The van der Waals surface area contributed by atoms with Crippen molar-refractivity contribution < 1.29 is 20.1 Å². The molecular weight excluding hydrogens is 715 g/mol. The summed E-state index contributed by atoms with van der Waals surface area (Å²) in [7, 11) is 0. The molecule has 58 heavy (non-hydrogen) atoms. The highest BCUT2D eigenvalue weighted by atomic mass is 16.3. The molecule has 0 saturated heterocycles. The van der Waals surface area contributed by atoms with Crippen LogP contribution in [-0.2, 0) is 4.79 Å². The molecule has 5 heteroatoms.